The van der Waals surface area contributed by atoms with Crippen LogP contribution >= 0.6 is 34.7 Å². The second-order valence-corrected chi connectivity index (χ2v) is 6.25. The lowest BCUT2D eigenvalue weighted by Gasteiger charge is -2.11. The van der Waals surface area contributed by atoms with Crippen LogP contribution in [-0.2, 0) is 0 Å². The topological polar surface area (TPSA) is 12.0 Å². The average molecular weight is 264 g/mol. The van der Waals surface area contributed by atoms with Crippen molar-refractivity contribution >= 4 is 34.7 Å². The Kier molecular flexibility index (Phi) is 6.73. The normalized spacial score (nSPS) is 13.0. The van der Waals surface area contributed by atoms with Crippen LogP contribution in [0.3, 0.4) is 0 Å². The van der Waals surface area contributed by atoms with Crippen molar-refractivity contribution in [2.24, 2.45) is 0 Å². The van der Waals surface area contributed by atoms with Crippen LogP contribution in [0.1, 0.15) is 30.7 Å². The highest BCUT2D eigenvalue weighted by Gasteiger charge is 2.06. The van der Waals surface area contributed by atoms with Crippen LogP contribution in [-0.4, -0.2) is 18.6 Å². The summed E-state index contributed by atoms with van der Waals surface area (Å²) in [6.45, 7) is 3.29. The molecule has 1 unspecified atom stereocenters. The molecule has 86 valence electrons. The summed E-state index contributed by atoms with van der Waals surface area (Å²) in [4.78, 5) is 1.32. The number of hydrogen-bond donors (Lipinski definition) is 1. The third-order valence-corrected chi connectivity index (χ3v) is 4.36. The maximum absolute atomic E-state index is 5.90. The van der Waals surface area contributed by atoms with E-state index in [-0.39, 0.29) is 0 Å². The molecule has 15 heavy (non-hydrogen) atoms. The van der Waals surface area contributed by atoms with E-state index in [1.165, 1.54) is 23.5 Å². The predicted molar refractivity (Wildman–Crippen MR) is 73.4 cm³/mol. The van der Waals surface area contributed by atoms with Crippen LogP contribution < -0.4 is 5.32 Å². The average Bonchev–Trinajstić information content (AvgIpc) is 2.64. The second kappa shape index (κ2) is 7.55. The largest absolute Gasteiger partial charge is 0.309 e. The van der Waals surface area contributed by atoms with E-state index in [9.17, 15) is 0 Å². The zero-order chi connectivity index (χ0) is 11.1. The molecule has 0 radical (unpaired) electrons. The lowest BCUT2D eigenvalue weighted by atomic mass is 10.2. The summed E-state index contributed by atoms with van der Waals surface area (Å²) in [6.07, 6.45) is 4.71. The highest BCUT2D eigenvalue weighted by atomic mass is 35.5. The van der Waals surface area contributed by atoms with Gasteiger partial charge in [-0.05, 0) is 50.5 Å². The van der Waals surface area contributed by atoms with E-state index < -0.39 is 0 Å². The molecule has 0 fully saturated rings. The molecule has 0 spiro atoms. The number of thiophene rings is 1. The lowest BCUT2D eigenvalue weighted by Crippen LogP contribution is -2.19. The first-order valence-electron chi connectivity index (χ1n) is 5.21. The molecule has 1 rings (SSSR count). The Bertz CT molecular complexity index is 275. The van der Waals surface area contributed by atoms with Crippen molar-refractivity contribution in [1.29, 1.82) is 0 Å². The van der Waals surface area contributed by atoms with E-state index in [4.69, 9.17) is 11.6 Å². The molecular weight excluding hydrogens is 246 g/mol. The Morgan fingerprint density at radius 3 is 2.87 bits per heavy atom. The molecule has 0 aromatic carbocycles. The molecule has 1 nitrogen and oxygen atoms in total. The minimum absolute atomic E-state index is 0.428. The summed E-state index contributed by atoms with van der Waals surface area (Å²) < 4.78 is 0.876. The van der Waals surface area contributed by atoms with Gasteiger partial charge in [-0.2, -0.15) is 11.8 Å². The number of unbranched alkanes of at least 4 members (excludes halogenated alkanes) is 1. The number of thioether (sulfide) groups is 1. The van der Waals surface area contributed by atoms with Crippen molar-refractivity contribution in [3.8, 4) is 0 Å². The van der Waals surface area contributed by atoms with Crippen molar-refractivity contribution in [3.63, 3.8) is 0 Å². The first kappa shape index (κ1) is 13.4. The molecule has 0 amide bonds. The van der Waals surface area contributed by atoms with Crippen molar-refractivity contribution in [2.45, 2.75) is 25.8 Å². The van der Waals surface area contributed by atoms with Gasteiger partial charge >= 0.3 is 0 Å². The summed E-state index contributed by atoms with van der Waals surface area (Å²) in [6, 6.07) is 4.50. The maximum Gasteiger partial charge on any atom is 0.0931 e. The molecule has 1 aromatic rings. The monoisotopic (exact) mass is 263 g/mol. The summed E-state index contributed by atoms with van der Waals surface area (Å²) in [7, 11) is 0. The summed E-state index contributed by atoms with van der Waals surface area (Å²) in [5, 5.41) is 3.51. The Morgan fingerprint density at radius 2 is 2.27 bits per heavy atom. The Morgan fingerprint density at radius 1 is 1.47 bits per heavy atom. The number of nitrogens with one attached hydrogen (secondary N) is 1. The predicted octanol–water partition coefficient (Wildman–Crippen LogP) is 4.20. The number of hydrogen-bond acceptors (Lipinski definition) is 3. The van der Waals surface area contributed by atoms with Crippen molar-refractivity contribution < 1.29 is 0 Å². The van der Waals surface area contributed by atoms with Gasteiger partial charge in [0, 0.05) is 10.9 Å². The van der Waals surface area contributed by atoms with E-state index in [1.807, 2.05) is 17.8 Å². The van der Waals surface area contributed by atoms with Gasteiger partial charge in [-0.3, -0.25) is 0 Å². The molecule has 0 aliphatic rings. The summed E-state index contributed by atoms with van der Waals surface area (Å²) >= 11 is 9.47. The Labute approximate surface area is 106 Å². The van der Waals surface area contributed by atoms with E-state index >= 15 is 0 Å². The van der Waals surface area contributed by atoms with Crippen LogP contribution in [0.25, 0.3) is 0 Å². The molecular formula is C11H18ClNS2. The highest BCUT2D eigenvalue weighted by Crippen LogP contribution is 2.26. The van der Waals surface area contributed by atoms with Crippen LogP contribution in [0.4, 0.5) is 0 Å². The smallest absolute Gasteiger partial charge is 0.0931 e. The first-order valence-corrected chi connectivity index (χ1v) is 7.80. The second-order valence-electron chi connectivity index (χ2n) is 3.52. The Balaban J connectivity index is 2.16. The van der Waals surface area contributed by atoms with E-state index in [2.05, 4.69) is 24.6 Å². The fourth-order valence-corrected chi connectivity index (χ4v) is 2.93. The SMILES string of the molecule is CSCCCCNC(C)c1ccc(Cl)s1. The van der Waals surface area contributed by atoms with Crippen molar-refractivity contribution in [2.75, 3.05) is 18.6 Å². The fourth-order valence-electron chi connectivity index (χ4n) is 1.35. The maximum atomic E-state index is 5.90. The standard InChI is InChI=1S/C11H18ClNS2/c1-9(10-5-6-11(12)15-10)13-7-3-4-8-14-2/h5-6,9,13H,3-4,7-8H2,1-2H3. The molecule has 1 aromatic heterocycles. The van der Waals surface area contributed by atoms with Crippen LogP contribution in [0.2, 0.25) is 4.34 Å². The fraction of sp³-hybridized carbons (Fsp3) is 0.636. The van der Waals surface area contributed by atoms with Crippen LogP contribution in [0, 0.1) is 0 Å². The van der Waals surface area contributed by atoms with Gasteiger partial charge in [-0.1, -0.05) is 11.6 Å². The Hall–Kier alpha value is 0.300. The van der Waals surface area contributed by atoms with Crippen molar-refractivity contribution in [3.05, 3.63) is 21.3 Å². The third-order valence-electron chi connectivity index (χ3n) is 2.25. The molecule has 1 N–H and O–H groups in total. The summed E-state index contributed by atoms with van der Waals surface area (Å²) in [5.74, 6) is 1.26. The molecule has 0 saturated carbocycles. The number of halogens is 1. The van der Waals surface area contributed by atoms with Crippen LogP contribution in [0.15, 0.2) is 12.1 Å². The van der Waals surface area contributed by atoms with Crippen molar-refractivity contribution in [1.82, 2.24) is 5.32 Å². The molecule has 0 aliphatic heterocycles. The molecule has 0 aliphatic carbocycles. The first-order chi connectivity index (χ1) is 7.24. The molecule has 0 bridgehead atoms. The van der Waals surface area contributed by atoms with Gasteiger partial charge in [0.2, 0.25) is 0 Å². The molecule has 1 atom stereocenters. The highest BCUT2D eigenvalue weighted by molar-refractivity contribution is 7.98. The van der Waals surface area contributed by atoms with E-state index in [0.717, 1.165) is 10.9 Å². The summed E-state index contributed by atoms with van der Waals surface area (Å²) in [5.41, 5.74) is 0. The minimum atomic E-state index is 0.428. The molecule has 0 saturated heterocycles. The van der Waals surface area contributed by atoms with E-state index in [0.29, 0.717) is 6.04 Å². The van der Waals surface area contributed by atoms with E-state index in [1.54, 1.807) is 11.3 Å². The van der Waals surface area contributed by atoms with Gasteiger partial charge in [-0.25, -0.2) is 0 Å². The van der Waals surface area contributed by atoms with Gasteiger partial charge in [0.15, 0.2) is 0 Å². The third kappa shape index (κ3) is 5.25. The zero-order valence-electron chi connectivity index (χ0n) is 9.25. The minimum Gasteiger partial charge on any atom is -0.309 e. The van der Waals surface area contributed by atoms with Gasteiger partial charge < -0.3 is 5.32 Å². The quantitative estimate of drug-likeness (QED) is 0.740. The lowest BCUT2D eigenvalue weighted by molar-refractivity contribution is 0.562. The number of rotatable bonds is 7. The molecule has 4 heteroatoms. The van der Waals surface area contributed by atoms with Gasteiger partial charge in [-0.15, -0.1) is 11.3 Å². The zero-order valence-corrected chi connectivity index (χ0v) is 11.6. The van der Waals surface area contributed by atoms with Gasteiger partial charge in [0.05, 0.1) is 4.34 Å². The van der Waals surface area contributed by atoms with Gasteiger partial charge in [0.1, 0.15) is 0 Å². The molecule has 1 heterocycles. The van der Waals surface area contributed by atoms with Crippen LogP contribution in [0.5, 0.6) is 0 Å². The van der Waals surface area contributed by atoms with Gasteiger partial charge in [0.25, 0.3) is 0 Å².